The summed E-state index contributed by atoms with van der Waals surface area (Å²) in [4.78, 5) is 23.0. The number of esters is 1. The number of benzene rings is 1. The summed E-state index contributed by atoms with van der Waals surface area (Å²) >= 11 is 0. The molecule has 4 nitrogen and oxygen atoms in total. The van der Waals surface area contributed by atoms with Crippen molar-refractivity contribution in [3.63, 3.8) is 0 Å². The molecule has 1 aromatic rings. The third kappa shape index (κ3) is 2.93. The molecule has 2 rings (SSSR count). The molecule has 0 saturated heterocycles. The molecule has 1 aromatic carbocycles. The highest BCUT2D eigenvalue weighted by Crippen LogP contribution is 2.08. The Kier molecular flexibility index (Phi) is 3.55. The van der Waals surface area contributed by atoms with E-state index < -0.39 is 5.97 Å². The Morgan fingerprint density at radius 1 is 1.29 bits per heavy atom. The average molecular weight is 231 g/mol. The highest BCUT2D eigenvalue weighted by Gasteiger charge is 2.21. The minimum Gasteiger partial charge on any atom is -0.457 e. The van der Waals surface area contributed by atoms with Crippen LogP contribution in [0.4, 0.5) is 0 Å². The van der Waals surface area contributed by atoms with Crippen LogP contribution in [0.15, 0.2) is 42.0 Å². The molecule has 1 aliphatic heterocycles. The minimum atomic E-state index is -0.564. The molecule has 17 heavy (non-hydrogen) atoms. The number of rotatable bonds is 3. The van der Waals surface area contributed by atoms with Crippen LogP contribution in [0.1, 0.15) is 12.0 Å². The van der Waals surface area contributed by atoms with Gasteiger partial charge in [-0.15, -0.1) is 0 Å². The zero-order valence-corrected chi connectivity index (χ0v) is 9.31. The van der Waals surface area contributed by atoms with Gasteiger partial charge < -0.3 is 10.1 Å². The highest BCUT2D eigenvalue weighted by atomic mass is 16.5. The number of nitrogens with one attached hydrogen (secondary N) is 1. The van der Waals surface area contributed by atoms with Gasteiger partial charge >= 0.3 is 5.97 Å². The van der Waals surface area contributed by atoms with Crippen LogP contribution in [0, 0.1) is 0 Å². The zero-order chi connectivity index (χ0) is 12.1. The zero-order valence-electron chi connectivity index (χ0n) is 9.31. The summed E-state index contributed by atoms with van der Waals surface area (Å²) in [5.41, 5.74) is 1.00. The fourth-order valence-corrected chi connectivity index (χ4v) is 1.57. The largest absolute Gasteiger partial charge is 0.457 e. The molecule has 88 valence electrons. The van der Waals surface area contributed by atoms with Crippen molar-refractivity contribution in [1.29, 1.82) is 0 Å². The molecule has 0 saturated carbocycles. The Morgan fingerprint density at radius 2 is 2.06 bits per heavy atom. The van der Waals surface area contributed by atoms with Crippen LogP contribution in [0.5, 0.6) is 0 Å². The van der Waals surface area contributed by atoms with Crippen LogP contribution >= 0.6 is 0 Å². The second-order valence-electron chi connectivity index (χ2n) is 3.72. The van der Waals surface area contributed by atoms with Crippen molar-refractivity contribution in [2.75, 3.05) is 6.54 Å². The van der Waals surface area contributed by atoms with Gasteiger partial charge in [-0.1, -0.05) is 36.4 Å². The van der Waals surface area contributed by atoms with Crippen LogP contribution in [0.25, 0.3) is 0 Å². The molecule has 1 heterocycles. The van der Waals surface area contributed by atoms with Crippen LogP contribution in [0.2, 0.25) is 0 Å². The molecular weight excluding hydrogens is 218 g/mol. The Balaban J connectivity index is 1.94. The molecule has 0 bridgehead atoms. The second-order valence-corrected chi connectivity index (χ2v) is 3.72. The number of carbonyl (C=O) groups excluding carboxylic acids is 2. The first kappa shape index (κ1) is 11.4. The summed E-state index contributed by atoms with van der Waals surface area (Å²) in [7, 11) is 0. The molecule has 0 unspecified atom stereocenters. The van der Waals surface area contributed by atoms with Gasteiger partial charge in [0.15, 0.2) is 0 Å². The van der Waals surface area contributed by atoms with Crippen molar-refractivity contribution in [2.45, 2.75) is 13.0 Å². The third-order valence-electron chi connectivity index (χ3n) is 2.46. The molecule has 0 radical (unpaired) electrons. The van der Waals surface area contributed by atoms with Gasteiger partial charge in [-0.25, -0.2) is 4.79 Å². The maximum Gasteiger partial charge on any atom is 0.343 e. The lowest BCUT2D eigenvalue weighted by atomic mass is 10.1. The molecule has 1 amide bonds. The van der Waals surface area contributed by atoms with E-state index in [1.165, 1.54) is 0 Å². The summed E-state index contributed by atoms with van der Waals surface area (Å²) in [5.74, 6) is -0.916. The monoisotopic (exact) mass is 231 g/mol. The predicted molar refractivity (Wildman–Crippen MR) is 61.9 cm³/mol. The molecule has 4 heteroatoms. The van der Waals surface area contributed by atoms with Gasteiger partial charge in [0.1, 0.15) is 12.2 Å². The lowest BCUT2D eigenvalue weighted by Crippen LogP contribution is -2.33. The number of hydrogen-bond donors (Lipinski definition) is 1. The summed E-state index contributed by atoms with van der Waals surface area (Å²) in [6.45, 7) is 0.762. The van der Waals surface area contributed by atoms with Crippen LogP contribution in [-0.2, 0) is 20.9 Å². The van der Waals surface area contributed by atoms with Crippen molar-refractivity contribution in [2.24, 2.45) is 0 Å². The van der Waals surface area contributed by atoms with Gasteiger partial charge in [-0.2, -0.15) is 0 Å². The van der Waals surface area contributed by atoms with E-state index >= 15 is 0 Å². The SMILES string of the molecule is O=C1NCCC=C1C(=O)OCc1ccccc1. The fourth-order valence-electron chi connectivity index (χ4n) is 1.57. The van der Waals surface area contributed by atoms with E-state index in [9.17, 15) is 9.59 Å². The van der Waals surface area contributed by atoms with E-state index in [2.05, 4.69) is 5.32 Å². The number of carbonyl (C=O) groups is 2. The van der Waals surface area contributed by atoms with E-state index in [1.807, 2.05) is 30.3 Å². The number of ether oxygens (including phenoxy) is 1. The van der Waals surface area contributed by atoms with E-state index in [-0.39, 0.29) is 18.1 Å². The smallest absolute Gasteiger partial charge is 0.343 e. The van der Waals surface area contributed by atoms with Gasteiger partial charge in [-0.05, 0) is 12.0 Å². The Bertz CT molecular complexity index is 451. The van der Waals surface area contributed by atoms with Crippen LogP contribution in [-0.4, -0.2) is 18.4 Å². The molecule has 1 aliphatic rings. The first-order chi connectivity index (χ1) is 8.27. The van der Waals surface area contributed by atoms with Gasteiger partial charge in [0.25, 0.3) is 5.91 Å². The average Bonchev–Trinajstić information content (AvgIpc) is 2.38. The fraction of sp³-hybridized carbons (Fsp3) is 0.231. The van der Waals surface area contributed by atoms with E-state index in [4.69, 9.17) is 4.74 Å². The maximum absolute atomic E-state index is 11.6. The highest BCUT2D eigenvalue weighted by molar-refractivity contribution is 6.16. The van der Waals surface area contributed by atoms with Gasteiger partial charge in [0.05, 0.1) is 0 Å². The molecular formula is C13H13NO3. The third-order valence-corrected chi connectivity index (χ3v) is 2.46. The molecule has 0 fully saturated rings. The normalized spacial score (nSPS) is 14.8. The first-order valence-corrected chi connectivity index (χ1v) is 5.47. The molecule has 0 spiro atoms. The van der Waals surface area contributed by atoms with E-state index in [1.54, 1.807) is 6.08 Å². The van der Waals surface area contributed by atoms with Crippen molar-refractivity contribution in [3.05, 3.63) is 47.5 Å². The van der Waals surface area contributed by atoms with Crippen LogP contribution in [0.3, 0.4) is 0 Å². The Hall–Kier alpha value is -2.10. The number of hydrogen-bond acceptors (Lipinski definition) is 3. The van der Waals surface area contributed by atoms with E-state index in [0.717, 1.165) is 5.56 Å². The lowest BCUT2D eigenvalue weighted by Gasteiger charge is -2.12. The molecule has 1 N–H and O–H groups in total. The summed E-state index contributed by atoms with van der Waals surface area (Å²) in [6, 6.07) is 9.36. The standard InChI is InChI=1S/C13H13NO3/c15-12-11(7-4-8-14-12)13(16)17-9-10-5-2-1-3-6-10/h1-3,5-7H,4,8-9H2,(H,14,15). The van der Waals surface area contributed by atoms with Gasteiger partial charge in [0, 0.05) is 6.54 Å². The lowest BCUT2D eigenvalue weighted by molar-refractivity contribution is -0.142. The molecule has 0 aromatic heterocycles. The van der Waals surface area contributed by atoms with Gasteiger partial charge in [0.2, 0.25) is 0 Å². The molecule has 0 aliphatic carbocycles. The van der Waals surface area contributed by atoms with Crippen molar-refractivity contribution < 1.29 is 14.3 Å². The number of amides is 1. The van der Waals surface area contributed by atoms with E-state index in [0.29, 0.717) is 13.0 Å². The first-order valence-electron chi connectivity index (χ1n) is 5.47. The summed E-state index contributed by atoms with van der Waals surface area (Å²) < 4.78 is 5.07. The van der Waals surface area contributed by atoms with Gasteiger partial charge in [-0.3, -0.25) is 4.79 Å². The van der Waals surface area contributed by atoms with Crippen LogP contribution < -0.4 is 5.32 Å². The maximum atomic E-state index is 11.6. The summed E-state index contributed by atoms with van der Waals surface area (Å²) in [6.07, 6.45) is 2.29. The Morgan fingerprint density at radius 3 is 2.76 bits per heavy atom. The topological polar surface area (TPSA) is 55.4 Å². The Labute approximate surface area is 99.3 Å². The minimum absolute atomic E-state index is 0.104. The molecule has 0 atom stereocenters. The predicted octanol–water partition coefficient (Wildman–Crippen LogP) is 1.18. The summed E-state index contributed by atoms with van der Waals surface area (Å²) in [5, 5.41) is 2.60. The van der Waals surface area contributed by atoms with Crippen molar-refractivity contribution in [3.8, 4) is 0 Å². The van der Waals surface area contributed by atoms with Crippen molar-refractivity contribution in [1.82, 2.24) is 5.32 Å². The van der Waals surface area contributed by atoms with Crippen molar-refractivity contribution >= 4 is 11.9 Å². The second kappa shape index (κ2) is 5.30. The quantitative estimate of drug-likeness (QED) is 0.627.